The van der Waals surface area contributed by atoms with Crippen molar-refractivity contribution in [3.8, 4) is 17.2 Å². The topological polar surface area (TPSA) is 62.6 Å². The lowest BCUT2D eigenvalue weighted by atomic mass is 9.79. The number of hydrogen-bond donors (Lipinski definition) is 0. The lowest BCUT2D eigenvalue weighted by Crippen LogP contribution is -2.14. The highest BCUT2D eigenvalue weighted by molar-refractivity contribution is 5.76. The molecule has 4 rings (SSSR count). The minimum atomic E-state index is -0.278. The molecule has 1 unspecified atom stereocenters. The van der Waals surface area contributed by atoms with E-state index >= 15 is 0 Å². The Kier molecular flexibility index (Phi) is 6.36. The van der Waals surface area contributed by atoms with Gasteiger partial charge in [0.2, 0.25) is 0 Å². The molecule has 0 aliphatic heterocycles. The van der Waals surface area contributed by atoms with E-state index in [0.29, 0.717) is 18.1 Å². The van der Waals surface area contributed by atoms with Gasteiger partial charge in [0.25, 0.3) is 0 Å². The van der Waals surface area contributed by atoms with Crippen molar-refractivity contribution in [3.05, 3.63) is 77.4 Å². The molecule has 1 heterocycles. The highest BCUT2D eigenvalue weighted by Crippen LogP contribution is 2.39. The minimum absolute atomic E-state index is 0.278. The second-order valence-electron chi connectivity index (χ2n) is 7.43. The zero-order valence-electron chi connectivity index (χ0n) is 17.8. The molecule has 1 aliphatic carbocycles. The van der Waals surface area contributed by atoms with Gasteiger partial charge in [0.05, 0.1) is 33.0 Å². The number of hydrogen-bond acceptors (Lipinski definition) is 5. The molecule has 0 saturated heterocycles. The van der Waals surface area contributed by atoms with E-state index in [1.54, 1.807) is 26.7 Å². The van der Waals surface area contributed by atoms with Crippen LogP contribution in [-0.2, 0) is 17.8 Å². The van der Waals surface area contributed by atoms with E-state index in [-0.39, 0.29) is 5.92 Å². The highest BCUT2D eigenvalue weighted by atomic mass is 16.5. The number of para-hydroxylation sites is 1. The Morgan fingerprint density at radius 2 is 2.06 bits per heavy atom. The Hall–Kier alpha value is -3.54. The van der Waals surface area contributed by atoms with Crippen LogP contribution in [0.3, 0.4) is 0 Å². The lowest BCUT2D eigenvalue weighted by molar-refractivity contribution is -0.108. The minimum Gasteiger partial charge on any atom is -0.493 e. The maximum absolute atomic E-state index is 12.1. The van der Waals surface area contributed by atoms with Gasteiger partial charge < -0.3 is 23.6 Å². The summed E-state index contributed by atoms with van der Waals surface area (Å²) in [6.45, 7) is 1.30. The molecule has 31 heavy (non-hydrogen) atoms. The predicted octanol–water partition coefficient (Wildman–Crippen LogP) is 4.29. The van der Waals surface area contributed by atoms with Gasteiger partial charge in [-0.25, -0.2) is 4.98 Å². The van der Waals surface area contributed by atoms with Crippen molar-refractivity contribution in [3.63, 3.8) is 0 Å². The van der Waals surface area contributed by atoms with Crippen LogP contribution in [0.4, 0.5) is 0 Å². The molecule has 160 valence electrons. The van der Waals surface area contributed by atoms with Gasteiger partial charge in [0, 0.05) is 18.0 Å². The maximum Gasteiger partial charge on any atom is 0.167 e. The Morgan fingerprint density at radius 3 is 2.81 bits per heavy atom. The number of carbonyl (C=O) groups is 1. The Labute approximate surface area is 182 Å². The summed E-state index contributed by atoms with van der Waals surface area (Å²) < 4.78 is 18.8. The summed E-state index contributed by atoms with van der Waals surface area (Å²) in [4.78, 5) is 16.1. The molecular weight excluding hydrogens is 392 g/mol. The second-order valence-corrected chi connectivity index (χ2v) is 7.43. The number of benzene rings is 2. The molecule has 0 N–H and O–H groups in total. The summed E-state index contributed by atoms with van der Waals surface area (Å²) in [7, 11) is 3.25. The molecule has 6 nitrogen and oxygen atoms in total. The standard InChI is InChI=1S/C25H26N2O4/c1-29-24-5-3-4-20(25(24)30-2)14-18-6-7-19-15-21(8-9-22(19)23(18)16-28)31-13-12-27-11-10-26-17-27/h3-5,8-11,14-17,23H,6-7,12-13H2,1-2H3/b18-14+. The number of imidazole rings is 1. The van der Waals surface area contributed by atoms with Gasteiger partial charge in [-0.15, -0.1) is 0 Å². The third-order valence-corrected chi connectivity index (χ3v) is 5.62. The monoisotopic (exact) mass is 418 g/mol. The fourth-order valence-corrected chi connectivity index (χ4v) is 4.06. The molecule has 2 aromatic carbocycles. The fourth-order valence-electron chi connectivity index (χ4n) is 4.06. The van der Waals surface area contributed by atoms with Gasteiger partial charge in [0.1, 0.15) is 18.6 Å². The average molecular weight is 418 g/mol. The third-order valence-electron chi connectivity index (χ3n) is 5.62. The van der Waals surface area contributed by atoms with Crippen molar-refractivity contribution < 1.29 is 19.0 Å². The zero-order chi connectivity index (χ0) is 21.6. The zero-order valence-corrected chi connectivity index (χ0v) is 17.8. The number of rotatable bonds is 8. The van der Waals surface area contributed by atoms with E-state index in [4.69, 9.17) is 14.2 Å². The first-order chi connectivity index (χ1) is 15.2. The van der Waals surface area contributed by atoms with Gasteiger partial charge in [-0.05, 0) is 42.2 Å². The number of fused-ring (bicyclic) bond motifs is 1. The number of aromatic nitrogens is 2. The third kappa shape index (κ3) is 4.48. The number of nitrogens with zero attached hydrogens (tertiary/aromatic N) is 2. The van der Waals surface area contributed by atoms with Gasteiger partial charge >= 0.3 is 0 Å². The van der Waals surface area contributed by atoms with Crippen LogP contribution < -0.4 is 14.2 Å². The molecule has 1 aliphatic rings. The molecule has 0 bridgehead atoms. The quantitative estimate of drug-likeness (QED) is 0.511. The van der Waals surface area contributed by atoms with Gasteiger partial charge in [-0.2, -0.15) is 0 Å². The number of aryl methyl sites for hydroxylation is 1. The molecule has 6 heteroatoms. The number of aldehydes is 1. The van der Waals surface area contributed by atoms with Crippen LogP contribution >= 0.6 is 0 Å². The molecule has 0 saturated carbocycles. The van der Waals surface area contributed by atoms with E-state index in [1.807, 2.05) is 41.1 Å². The van der Waals surface area contributed by atoms with Crippen molar-refractivity contribution in [1.29, 1.82) is 0 Å². The van der Waals surface area contributed by atoms with E-state index in [1.165, 1.54) is 0 Å². The summed E-state index contributed by atoms with van der Waals surface area (Å²) in [5.74, 6) is 1.90. The van der Waals surface area contributed by atoms with Gasteiger partial charge in [-0.1, -0.05) is 29.8 Å². The van der Waals surface area contributed by atoms with Crippen molar-refractivity contribution in [1.82, 2.24) is 9.55 Å². The van der Waals surface area contributed by atoms with Crippen LogP contribution in [0.15, 0.2) is 60.7 Å². The van der Waals surface area contributed by atoms with Crippen LogP contribution in [0.25, 0.3) is 6.08 Å². The van der Waals surface area contributed by atoms with Crippen LogP contribution in [0.5, 0.6) is 17.2 Å². The van der Waals surface area contributed by atoms with Gasteiger partial charge in [0.15, 0.2) is 11.5 Å². The smallest absolute Gasteiger partial charge is 0.167 e. The Balaban J connectivity index is 1.54. The molecule has 1 aromatic heterocycles. The van der Waals surface area contributed by atoms with Crippen molar-refractivity contribution in [2.75, 3.05) is 20.8 Å². The van der Waals surface area contributed by atoms with E-state index in [2.05, 4.69) is 17.1 Å². The highest BCUT2D eigenvalue weighted by Gasteiger charge is 2.25. The summed E-state index contributed by atoms with van der Waals surface area (Å²) >= 11 is 0. The summed E-state index contributed by atoms with van der Waals surface area (Å²) in [5, 5.41) is 0. The first-order valence-corrected chi connectivity index (χ1v) is 10.3. The summed E-state index contributed by atoms with van der Waals surface area (Å²) in [6.07, 6.45) is 10.2. The van der Waals surface area contributed by atoms with E-state index in [0.717, 1.165) is 53.7 Å². The number of allylic oxidation sites excluding steroid dienone is 1. The summed E-state index contributed by atoms with van der Waals surface area (Å²) in [6, 6.07) is 11.8. The maximum atomic E-state index is 12.1. The second kappa shape index (κ2) is 9.51. The Bertz CT molecular complexity index is 1070. The van der Waals surface area contributed by atoms with E-state index < -0.39 is 0 Å². The van der Waals surface area contributed by atoms with Crippen LogP contribution in [0, 0.1) is 0 Å². The van der Waals surface area contributed by atoms with Crippen LogP contribution in [-0.4, -0.2) is 36.7 Å². The number of ether oxygens (including phenoxy) is 3. The molecule has 0 radical (unpaired) electrons. The first kappa shape index (κ1) is 20.7. The molecule has 1 atom stereocenters. The van der Waals surface area contributed by atoms with Crippen LogP contribution in [0.1, 0.15) is 29.0 Å². The summed E-state index contributed by atoms with van der Waals surface area (Å²) in [5.41, 5.74) is 4.18. The molecule has 0 fully saturated rings. The van der Waals surface area contributed by atoms with Crippen LogP contribution in [0.2, 0.25) is 0 Å². The molecule has 0 amide bonds. The average Bonchev–Trinajstić information content (AvgIpc) is 3.32. The van der Waals surface area contributed by atoms with Crippen molar-refractivity contribution >= 4 is 12.4 Å². The lowest BCUT2D eigenvalue weighted by Gasteiger charge is -2.25. The molecular formula is C25H26N2O4. The molecule has 0 spiro atoms. The first-order valence-electron chi connectivity index (χ1n) is 10.3. The van der Waals surface area contributed by atoms with Crippen molar-refractivity contribution in [2.24, 2.45) is 0 Å². The number of carbonyl (C=O) groups excluding carboxylic acids is 1. The van der Waals surface area contributed by atoms with E-state index in [9.17, 15) is 4.79 Å². The number of methoxy groups -OCH3 is 2. The SMILES string of the molecule is COc1cccc(/C=C2\CCc3cc(OCCn4ccnc4)ccc3C2C=O)c1OC. The predicted molar refractivity (Wildman–Crippen MR) is 119 cm³/mol. The van der Waals surface area contributed by atoms with Crippen molar-refractivity contribution in [2.45, 2.75) is 25.3 Å². The largest absolute Gasteiger partial charge is 0.493 e. The van der Waals surface area contributed by atoms with Gasteiger partial charge in [-0.3, -0.25) is 0 Å². The normalized spacial score (nSPS) is 16.6. The Morgan fingerprint density at radius 1 is 1.16 bits per heavy atom. The fraction of sp³-hybridized carbons (Fsp3) is 0.280. The molecule has 3 aromatic rings.